The Morgan fingerprint density at radius 3 is 1.96 bits per heavy atom. The highest BCUT2D eigenvalue weighted by Crippen LogP contribution is 2.36. The Kier molecular flexibility index (Phi) is 9.04. The average Bonchev–Trinajstić information content (AvgIpc) is 4.00. The zero-order valence-corrected chi connectivity index (χ0v) is 30.9. The first-order chi connectivity index (χ1) is 25.3. The molecule has 15 nitrogen and oxygen atoms in total. The van der Waals surface area contributed by atoms with Gasteiger partial charge in [0.1, 0.15) is 10.0 Å². The predicted octanol–water partition coefficient (Wildman–Crippen LogP) is 6.47. The van der Waals surface area contributed by atoms with E-state index in [2.05, 4.69) is 87.7 Å². The third-order valence-electron chi connectivity index (χ3n) is 8.70. The molecule has 0 aromatic carbocycles. The molecule has 0 radical (unpaired) electrons. The van der Waals surface area contributed by atoms with Crippen molar-refractivity contribution >= 4 is 61.6 Å². The Labute approximate surface area is 307 Å². The first kappa shape index (κ1) is 33.4. The van der Waals surface area contributed by atoms with E-state index in [4.69, 9.17) is 0 Å². The molecule has 0 aliphatic carbocycles. The van der Waals surface area contributed by atoms with Crippen LogP contribution in [0.2, 0.25) is 0 Å². The summed E-state index contributed by atoms with van der Waals surface area (Å²) in [4.78, 5) is 18.1. The number of hydrogen-bond donors (Lipinski definition) is 3. The van der Waals surface area contributed by atoms with Crippen LogP contribution in [0.4, 0.5) is 21.6 Å². The zero-order chi connectivity index (χ0) is 35.8. The number of anilines is 4. The largest absolute Gasteiger partial charge is 0.328 e. The Bertz CT molecular complexity index is 2520. The average molecular weight is 732 g/mol. The minimum atomic E-state index is 0.407. The highest BCUT2D eigenvalue weighted by atomic mass is 32.1. The van der Waals surface area contributed by atoms with Crippen LogP contribution in [0.25, 0.3) is 39.4 Å². The molecule has 8 aromatic rings. The van der Waals surface area contributed by atoms with Crippen molar-refractivity contribution in [3.05, 3.63) is 91.1 Å². The standard InChI is InChI=1S/C19H20N8S.C16H17N7S/c1-12-16(13-3-5-20-6-4-13)19(28-25-12)24-17-18-22-10-15(27(18)8-7-21-17)14-9-23-26(2)11-14;1-10(2)12-6-14(24-21-12)20-15-16-18-8-13(23(16)5-4-17-15)11-7-19-22(3)9-11/h3,7-11,20H,4-6H2,1-2H3,(H,21,24);4-10H,1-3H3,(H,17,20). The fourth-order valence-electron chi connectivity index (χ4n) is 6.08. The molecule has 0 bridgehead atoms. The number of rotatable bonds is 8. The van der Waals surface area contributed by atoms with Crippen LogP contribution in [0, 0.1) is 6.92 Å². The van der Waals surface area contributed by atoms with Gasteiger partial charge in [-0.25, -0.2) is 19.9 Å². The maximum Gasteiger partial charge on any atom is 0.180 e. The van der Waals surface area contributed by atoms with E-state index in [1.165, 1.54) is 34.2 Å². The Balaban J connectivity index is 0.000000151. The van der Waals surface area contributed by atoms with Crippen LogP contribution >= 0.6 is 23.1 Å². The number of hydrogen-bond acceptors (Lipinski definition) is 13. The summed E-state index contributed by atoms with van der Waals surface area (Å²) in [6.07, 6.45) is 21.9. The van der Waals surface area contributed by atoms with Gasteiger partial charge in [-0.1, -0.05) is 19.9 Å². The molecule has 3 N–H and O–H groups in total. The van der Waals surface area contributed by atoms with Crippen LogP contribution in [0.5, 0.6) is 0 Å². The lowest BCUT2D eigenvalue weighted by molar-refractivity contribution is 0.738. The van der Waals surface area contributed by atoms with E-state index in [9.17, 15) is 0 Å². The lowest BCUT2D eigenvalue weighted by Crippen LogP contribution is -2.20. The molecule has 8 aromatic heterocycles. The Hall–Kier alpha value is -5.78. The normalized spacial score (nSPS) is 13.1. The number of aromatic nitrogens is 12. The fraction of sp³-hybridized carbons (Fsp3) is 0.257. The molecule has 0 unspecified atom stereocenters. The summed E-state index contributed by atoms with van der Waals surface area (Å²) < 4.78 is 16.6. The molecule has 1 aliphatic rings. The smallest absolute Gasteiger partial charge is 0.180 e. The van der Waals surface area contributed by atoms with Crippen molar-refractivity contribution in [2.75, 3.05) is 23.7 Å². The molecular formula is C35H37N15S2. The van der Waals surface area contributed by atoms with Crippen molar-refractivity contribution in [3.63, 3.8) is 0 Å². The molecule has 52 heavy (non-hydrogen) atoms. The van der Waals surface area contributed by atoms with E-state index in [1.54, 1.807) is 21.8 Å². The molecular weight excluding hydrogens is 695 g/mol. The van der Waals surface area contributed by atoms with Gasteiger partial charge in [-0.3, -0.25) is 18.2 Å². The first-order valence-corrected chi connectivity index (χ1v) is 18.4. The summed E-state index contributed by atoms with van der Waals surface area (Å²) in [5, 5.41) is 20.6. The van der Waals surface area contributed by atoms with Gasteiger partial charge in [-0.15, -0.1) is 0 Å². The van der Waals surface area contributed by atoms with E-state index in [0.717, 1.165) is 80.5 Å². The number of aryl methyl sites for hydroxylation is 3. The molecule has 0 saturated carbocycles. The zero-order valence-electron chi connectivity index (χ0n) is 29.3. The van der Waals surface area contributed by atoms with Crippen LogP contribution in [0.3, 0.4) is 0 Å². The lowest BCUT2D eigenvalue weighted by atomic mass is 10.0. The van der Waals surface area contributed by atoms with Gasteiger partial charge in [0.15, 0.2) is 22.9 Å². The van der Waals surface area contributed by atoms with E-state index in [1.807, 2.05) is 72.5 Å². The molecule has 1 aliphatic heterocycles. The second kappa shape index (κ2) is 14.1. The second-order valence-electron chi connectivity index (χ2n) is 12.7. The third-order valence-corrected chi connectivity index (χ3v) is 10.3. The van der Waals surface area contributed by atoms with Crippen LogP contribution < -0.4 is 16.0 Å². The van der Waals surface area contributed by atoms with Crippen molar-refractivity contribution in [2.45, 2.75) is 33.1 Å². The molecule has 0 atom stereocenters. The fourth-order valence-corrected chi connectivity index (χ4v) is 7.69. The lowest BCUT2D eigenvalue weighted by Gasteiger charge is -2.15. The number of fused-ring (bicyclic) bond motifs is 2. The van der Waals surface area contributed by atoms with Crippen LogP contribution in [-0.4, -0.2) is 70.1 Å². The highest BCUT2D eigenvalue weighted by Gasteiger charge is 2.19. The maximum absolute atomic E-state index is 4.61. The third kappa shape index (κ3) is 6.56. The van der Waals surface area contributed by atoms with Crippen molar-refractivity contribution in [1.29, 1.82) is 0 Å². The van der Waals surface area contributed by atoms with Gasteiger partial charge >= 0.3 is 0 Å². The molecule has 0 spiro atoms. The molecule has 0 amide bonds. The van der Waals surface area contributed by atoms with Gasteiger partial charge < -0.3 is 16.0 Å². The second-order valence-corrected chi connectivity index (χ2v) is 14.3. The summed E-state index contributed by atoms with van der Waals surface area (Å²) in [5.41, 5.74) is 10.2. The topological polar surface area (TPSA) is 158 Å². The van der Waals surface area contributed by atoms with E-state index in [0.29, 0.717) is 11.7 Å². The van der Waals surface area contributed by atoms with Gasteiger partial charge in [0.2, 0.25) is 0 Å². The molecule has 9 heterocycles. The summed E-state index contributed by atoms with van der Waals surface area (Å²) in [5.74, 6) is 1.84. The number of nitrogens with zero attached hydrogens (tertiary/aromatic N) is 12. The molecule has 17 heteroatoms. The quantitative estimate of drug-likeness (QED) is 0.157. The van der Waals surface area contributed by atoms with Gasteiger partial charge in [0, 0.05) is 74.5 Å². The van der Waals surface area contributed by atoms with Crippen LogP contribution in [-0.2, 0) is 14.1 Å². The highest BCUT2D eigenvalue weighted by molar-refractivity contribution is 7.10. The molecule has 0 fully saturated rings. The SMILES string of the molecule is CC(C)c1cc(Nc2nccn3c(-c4cnn(C)c4)cnc23)sn1.Cc1nsc(Nc2nccn3c(-c4cnn(C)c4)cnc23)c1C1=CCNCC1. The van der Waals surface area contributed by atoms with Crippen LogP contribution in [0.15, 0.2) is 74.1 Å². The van der Waals surface area contributed by atoms with Gasteiger partial charge in [0.25, 0.3) is 0 Å². The van der Waals surface area contributed by atoms with Crippen molar-refractivity contribution in [1.82, 2.24) is 62.4 Å². The van der Waals surface area contributed by atoms with Crippen molar-refractivity contribution in [2.24, 2.45) is 14.1 Å². The minimum Gasteiger partial charge on any atom is -0.328 e. The summed E-state index contributed by atoms with van der Waals surface area (Å²) in [6.45, 7) is 8.21. The molecule has 264 valence electrons. The van der Waals surface area contributed by atoms with E-state index in [-0.39, 0.29) is 0 Å². The first-order valence-electron chi connectivity index (χ1n) is 16.8. The predicted molar refractivity (Wildman–Crippen MR) is 205 cm³/mol. The number of imidazole rings is 2. The van der Waals surface area contributed by atoms with Crippen molar-refractivity contribution in [3.8, 4) is 22.5 Å². The molecule has 0 saturated heterocycles. The maximum atomic E-state index is 4.61. The van der Waals surface area contributed by atoms with Gasteiger partial charge in [0.05, 0.1) is 47.6 Å². The van der Waals surface area contributed by atoms with Crippen molar-refractivity contribution < 1.29 is 0 Å². The molecule has 9 rings (SSSR count). The monoisotopic (exact) mass is 731 g/mol. The summed E-state index contributed by atoms with van der Waals surface area (Å²) >= 11 is 2.90. The summed E-state index contributed by atoms with van der Waals surface area (Å²) in [6, 6.07) is 2.06. The summed E-state index contributed by atoms with van der Waals surface area (Å²) in [7, 11) is 3.81. The van der Waals surface area contributed by atoms with Crippen LogP contribution in [0.1, 0.15) is 43.1 Å². The van der Waals surface area contributed by atoms with Gasteiger partial charge in [-0.05, 0) is 60.5 Å². The van der Waals surface area contributed by atoms with E-state index >= 15 is 0 Å². The Morgan fingerprint density at radius 1 is 0.788 bits per heavy atom. The minimum absolute atomic E-state index is 0.407. The van der Waals surface area contributed by atoms with E-state index < -0.39 is 0 Å². The Morgan fingerprint density at radius 2 is 1.42 bits per heavy atom. The van der Waals surface area contributed by atoms with Gasteiger partial charge in [-0.2, -0.15) is 18.9 Å². The number of nitrogens with one attached hydrogen (secondary N) is 3.